The molecule has 0 atom stereocenters. The minimum atomic E-state index is 0.301. The number of piperidine rings is 1. The van der Waals surface area contributed by atoms with Gasteiger partial charge in [-0.2, -0.15) is 0 Å². The van der Waals surface area contributed by atoms with Crippen LogP contribution in [0.15, 0.2) is 54.7 Å². The van der Waals surface area contributed by atoms with Crippen LogP contribution in [0.5, 0.6) is 11.5 Å². The van der Waals surface area contributed by atoms with Gasteiger partial charge in [-0.05, 0) is 7.05 Å². The summed E-state index contributed by atoms with van der Waals surface area (Å²) < 4.78 is 12.6. The van der Waals surface area contributed by atoms with Crippen molar-refractivity contribution in [3.63, 3.8) is 0 Å². The maximum absolute atomic E-state index is 6.16. The quantitative estimate of drug-likeness (QED) is 0.246. The summed E-state index contributed by atoms with van der Waals surface area (Å²) in [7, 11) is 3.84. The molecule has 0 unspecified atom stereocenters. The first-order chi connectivity index (χ1) is 15.6. The van der Waals surface area contributed by atoms with Crippen LogP contribution in [-0.2, 0) is 15.0 Å². The molecular weight excluding hydrogens is 443 g/mol. The van der Waals surface area contributed by atoms with Crippen LogP contribution in [0.2, 0.25) is 0 Å². The molecule has 1 fully saturated rings. The average Bonchev–Trinajstić information content (AvgIpc) is 2.82. The third-order valence-electron chi connectivity index (χ3n) is 5.64. The second-order valence-electron chi connectivity index (χ2n) is 8.11. The predicted octanol–water partition coefficient (Wildman–Crippen LogP) is 5.41. The van der Waals surface area contributed by atoms with E-state index in [9.17, 15) is 0 Å². The molecule has 2 aromatic rings. The van der Waals surface area contributed by atoms with E-state index in [0.29, 0.717) is 6.10 Å². The normalized spacial score (nSPS) is 15.2. The van der Waals surface area contributed by atoms with Crippen LogP contribution in [0.4, 0.5) is 5.69 Å². The van der Waals surface area contributed by atoms with Crippen molar-refractivity contribution in [2.45, 2.75) is 44.6 Å². The molecule has 2 aromatic carbocycles. The van der Waals surface area contributed by atoms with Crippen molar-refractivity contribution < 1.29 is 24.5 Å². The van der Waals surface area contributed by atoms with Gasteiger partial charge in [0.15, 0.2) is 0 Å². The van der Waals surface area contributed by atoms with E-state index in [1.165, 1.54) is 0 Å². The molecular formula is C27H34N2NiO2-2. The summed E-state index contributed by atoms with van der Waals surface area (Å²) in [6, 6.07) is 16.1. The van der Waals surface area contributed by atoms with E-state index in [1.54, 1.807) is 7.11 Å². The summed E-state index contributed by atoms with van der Waals surface area (Å²) in [5.41, 5.74) is 1.91. The summed E-state index contributed by atoms with van der Waals surface area (Å²) in [6.45, 7) is 6.11. The Morgan fingerprint density at radius 3 is 2.56 bits per heavy atom. The second kappa shape index (κ2) is 12.8. The van der Waals surface area contributed by atoms with Gasteiger partial charge in [0.2, 0.25) is 0 Å². The van der Waals surface area contributed by atoms with Crippen LogP contribution in [0.3, 0.4) is 0 Å². The number of anilines is 1. The Balaban J connectivity index is 1.70. The van der Waals surface area contributed by atoms with Crippen molar-refractivity contribution >= 4 is 10.3 Å². The van der Waals surface area contributed by atoms with Gasteiger partial charge in [0.05, 0.1) is 0 Å². The number of para-hydroxylation sites is 2. The zero-order valence-corrected chi connectivity index (χ0v) is 20.2. The molecule has 0 saturated carbocycles. The number of hydrogen-bond donors (Lipinski definition) is 0. The van der Waals surface area contributed by atoms with Gasteiger partial charge in [0.25, 0.3) is 0 Å². The van der Waals surface area contributed by atoms with Crippen LogP contribution in [-0.4, -0.2) is 42.9 Å². The van der Waals surface area contributed by atoms with E-state index in [2.05, 4.69) is 24.9 Å². The summed E-state index contributed by atoms with van der Waals surface area (Å²) >= 11 is 5.41. The van der Waals surface area contributed by atoms with E-state index < -0.39 is 0 Å². The first kappa shape index (κ1) is 24.5. The number of unbranched alkanes of at least 4 members (excludes halogenated alkanes) is 2. The van der Waals surface area contributed by atoms with E-state index in [0.717, 1.165) is 79.0 Å². The first-order valence-electron chi connectivity index (χ1n) is 11.4. The molecule has 32 heavy (non-hydrogen) atoms. The summed E-state index contributed by atoms with van der Waals surface area (Å²) in [5.74, 6) is 1.71. The predicted molar refractivity (Wildman–Crippen MR) is 129 cm³/mol. The average molecular weight is 477 g/mol. The van der Waals surface area contributed by atoms with Crippen LogP contribution < -0.4 is 14.4 Å². The van der Waals surface area contributed by atoms with Crippen molar-refractivity contribution in [3.8, 4) is 11.5 Å². The van der Waals surface area contributed by atoms with Gasteiger partial charge in [0.1, 0.15) is 0 Å². The zero-order valence-electron chi connectivity index (χ0n) is 19.2. The van der Waals surface area contributed by atoms with Crippen molar-refractivity contribution in [3.05, 3.63) is 73.3 Å². The Hall–Kier alpha value is -2.10. The molecule has 1 aliphatic heterocycles. The Labute approximate surface area is 201 Å². The third-order valence-corrected chi connectivity index (χ3v) is 6.13. The van der Waals surface area contributed by atoms with Crippen molar-refractivity contribution in [2.24, 2.45) is 0 Å². The van der Waals surface area contributed by atoms with Crippen LogP contribution in [0, 0.1) is 13.0 Å². The molecule has 0 amide bonds. The molecule has 1 aliphatic rings. The van der Waals surface area contributed by atoms with E-state index in [4.69, 9.17) is 24.5 Å². The number of hydrogen-bond acceptors (Lipinski definition) is 4. The van der Waals surface area contributed by atoms with Crippen LogP contribution >= 0.6 is 0 Å². The van der Waals surface area contributed by atoms with Gasteiger partial charge in [-0.15, -0.1) is 0 Å². The Morgan fingerprint density at radius 1 is 1.16 bits per heavy atom. The molecule has 176 valence electrons. The third kappa shape index (κ3) is 7.22. The number of rotatable bonds is 11. The molecule has 1 heterocycles. The van der Waals surface area contributed by atoms with Gasteiger partial charge in [-0.25, -0.2) is 0 Å². The van der Waals surface area contributed by atoms with Crippen molar-refractivity contribution in [1.29, 1.82) is 0 Å². The molecule has 1 saturated heterocycles. The molecule has 0 aliphatic carbocycles. The molecule has 0 radical (unpaired) electrons. The Morgan fingerprint density at radius 2 is 1.88 bits per heavy atom. The zero-order chi connectivity index (χ0) is 22.8. The molecule has 0 aromatic heterocycles. The van der Waals surface area contributed by atoms with Gasteiger partial charge < -0.3 is 4.90 Å². The Bertz CT molecular complexity index is 873. The topological polar surface area (TPSA) is 24.9 Å². The standard InChI is InChI=1S/C27H34N2O2.Ni/c1-4-5-6-9-19-29(26-10-7-8-11-27(26)30-3)22-16-23-12-14-24(15-13-23)31-25-17-20-28(2)21-18-25;/h7-8,10-15,22,25H,1,4-6,9,17-18,20-21H2,2-3H3;/q-2;. The van der Waals surface area contributed by atoms with E-state index in [-0.39, 0.29) is 0 Å². The monoisotopic (exact) mass is 476 g/mol. The molecule has 5 heteroatoms. The maximum atomic E-state index is 6.16. The summed E-state index contributed by atoms with van der Waals surface area (Å²) in [5, 5.41) is 0. The number of nitrogens with zero attached hydrogens (tertiary/aromatic N) is 2. The van der Waals surface area contributed by atoms with Crippen LogP contribution in [0.1, 0.15) is 44.1 Å². The number of likely N-dealkylation sites (tertiary alicyclic amines) is 1. The van der Waals surface area contributed by atoms with Crippen LogP contribution in [0.25, 0.3) is 0 Å². The summed E-state index contributed by atoms with van der Waals surface area (Å²) in [4.78, 5) is 4.37. The van der Waals surface area contributed by atoms with E-state index in [1.807, 2.05) is 59.6 Å². The number of methoxy groups -OCH3 is 1. The minimum absolute atomic E-state index is 0.301. The van der Waals surface area contributed by atoms with Crippen molar-refractivity contribution in [2.75, 3.05) is 32.1 Å². The fourth-order valence-electron chi connectivity index (χ4n) is 3.71. The van der Waals surface area contributed by atoms with E-state index >= 15 is 0 Å². The molecule has 0 bridgehead atoms. The second-order valence-corrected chi connectivity index (χ2v) is 8.68. The molecule has 0 spiro atoms. The fourth-order valence-corrected chi connectivity index (χ4v) is 4.07. The van der Waals surface area contributed by atoms with Gasteiger partial charge in [0, 0.05) is 0 Å². The van der Waals surface area contributed by atoms with Gasteiger partial charge in [-0.3, -0.25) is 0 Å². The van der Waals surface area contributed by atoms with Crippen molar-refractivity contribution in [1.82, 2.24) is 4.90 Å². The fraction of sp³-hybridized carbons (Fsp3) is 0.407. The number of benzene rings is 2. The first-order valence-corrected chi connectivity index (χ1v) is 11.8. The van der Waals surface area contributed by atoms with Gasteiger partial charge in [-0.1, -0.05) is 0 Å². The Kier molecular flexibility index (Phi) is 9.83. The molecule has 4 nitrogen and oxygen atoms in total. The summed E-state index contributed by atoms with van der Waals surface area (Å²) in [6.07, 6.45) is 11.6. The van der Waals surface area contributed by atoms with Gasteiger partial charge >= 0.3 is 189 Å². The SMILES string of the molecule is [CH2-]CCCC[C](=[Ni])N(C=[C-]c1ccc(OC2CCN(C)CC2)cc1)c1ccccc1OC. The number of ether oxygens (including phenoxy) is 2. The molecule has 0 N–H and O–H groups in total. The molecule has 3 rings (SSSR count).